The minimum absolute atomic E-state index is 0.235. The van der Waals surface area contributed by atoms with E-state index in [9.17, 15) is 27.9 Å². The Labute approximate surface area is 163 Å². The van der Waals surface area contributed by atoms with Gasteiger partial charge in [-0.2, -0.15) is 13.2 Å². The number of aromatic nitrogens is 2. The van der Waals surface area contributed by atoms with Gasteiger partial charge in [0.25, 0.3) is 11.2 Å². The van der Waals surface area contributed by atoms with E-state index in [0.29, 0.717) is 7.11 Å². The Morgan fingerprint density at radius 1 is 1.03 bits per heavy atom. The lowest BCUT2D eigenvalue weighted by Crippen LogP contribution is -2.52. The number of carbonyl (C=O) groups excluding carboxylic acids is 1. The van der Waals surface area contributed by atoms with Crippen molar-refractivity contribution in [2.24, 2.45) is 0 Å². The summed E-state index contributed by atoms with van der Waals surface area (Å²) in [5.41, 5.74) is -4.75. The summed E-state index contributed by atoms with van der Waals surface area (Å²) in [6.07, 6.45) is -5.46. The molecule has 2 N–H and O–H groups in total. The van der Waals surface area contributed by atoms with Crippen molar-refractivity contribution in [1.29, 1.82) is 0 Å². The van der Waals surface area contributed by atoms with Crippen molar-refractivity contribution >= 4 is 5.97 Å². The lowest BCUT2D eigenvalue weighted by Gasteiger charge is -2.26. The molecule has 0 radical (unpaired) electrons. The van der Waals surface area contributed by atoms with Crippen molar-refractivity contribution in [1.82, 2.24) is 9.78 Å². The molecule has 0 amide bonds. The maximum absolute atomic E-state index is 13.5. The second-order valence-corrected chi connectivity index (χ2v) is 6.37. The van der Waals surface area contributed by atoms with Crippen LogP contribution in [0.2, 0.25) is 0 Å². The molecular weight excluding hydrogens is 389 g/mol. The number of aliphatic hydroxyl groups is 1. The lowest BCUT2D eigenvalue weighted by molar-refractivity contribution is -0.267. The number of alkyl halides is 3. The smallest absolute Gasteiger partial charge is 0.432 e. The number of rotatable bonds is 4. The van der Waals surface area contributed by atoms with Crippen molar-refractivity contribution in [3.8, 4) is 16.8 Å². The minimum Gasteiger partial charge on any atom is -0.466 e. The molecule has 0 aliphatic heterocycles. The van der Waals surface area contributed by atoms with Gasteiger partial charge in [-0.1, -0.05) is 42.5 Å². The molecule has 0 saturated heterocycles. The van der Waals surface area contributed by atoms with Crippen LogP contribution in [0.1, 0.15) is 11.3 Å². The van der Waals surface area contributed by atoms with Gasteiger partial charge in [-0.05, 0) is 30.2 Å². The zero-order valence-electron chi connectivity index (χ0n) is 15.4. The fourth-order valence-electron chi connectivity index (χ4n) is 3.10. The van der Waals surface area contributed by atoms with E-state index in [0.717, 1.165) is 22.7 Å². The van der Waals surface area contributed by atoms with Crippen LogP contribution in [0.4, 0.5) is 13.2 Å². The van der Waals surface area contributed by atoms with Crippen LogP contribution in [-0.2, 0) is 15.1 Å². The number of nitrogens with zero attached hydrogens (tertiary/aromatic N) is 1. The monoisotopic (exact) mass is 406 g/mol. The number of H-pyrrole nitrogens is 1. The summed E-state index contributed by atoms with van der Waals surface area (Å²) >= 11 is 0. The molecule has 0 aliphatic carbocycles. The number of hydrogen-bond donors (Lipinski definition) is 2. The van der Waals surface area contributed by atoms with Crippen LogP contribution in [0.25, 0.3) is 16.8 Å². The molecule has 152 valence electrons. The molecule has 0 aliphatic rings. The molecule has 0 bridgehead atoms. The number of halogens is 3. The minimum atomic E-state index is -5.46. The number of hydrogen-bond acceptors (Lipinski definition) is 4. The number of nitrogens with one attached hydrogen (secondary N) is 1. The van der Waals surface area contributed by atoms with E-state index in [1.165, 1.54) is 12.1 Å². The maximum atomic E-state index is 13.5. The highest BCUT2D eigenvalue weighted by molar-refractivity contribution is 5.82. The van der Waals surface area contributed by atoms with Gasteiger partial charge in [-0.3, -0.25) is 9.89 Å². The Bertz CT molecular complexity index is 1090. The summed E-state index contributed by atoms with van der Waals surface area (Å²) < 4.78 is 45.5. The molecule has 1 unspecified atom stereocenters. The number of carbonyl (C=O) groups is 1. The third-order valence-corrected chi connectivity index (χ3v) is 4.56. The standard InChI is InChI=1S/C20H17F3N2O4/c1-12-16(19(28,18(27)29-2)20(21,22)23)17(26)25(24-12)15-10-8-14(9-11-15)13-6-4-3-5-7-13/h3-11,24,28H,1-2H3. The molecule has 1 aromatic heterocycles. The maximum Gasteiger partial charge on any atom is 0.432 e. The van der Waals surface area contributed by atoms with Crippen LogP contribution >= 0.6 is 0 Å². The summed E-state index contributed by atoms with van der Waals surface area (Å²) in [5.74, 6) is -1.99. The first-order chi connectivity index (χ1) is 13.6. The normalized spacial score (nSPS) is 13.7. The van der Waals surface area contributed by atoms with Gasteiger partial charge in [0.1, 0.15) is 0 Å². The molecule has 0 saturated carbocycles. The predicted molar refractivity (Wildman–Crippen MR) is 98.5 cm³/mol. The fraction of sp³-hybridized carbons (Fsp3) is 0.200. The molecule has 3 rings (SSSR count). The van der Waals surface area contributed by atoms with E-state index >= 15 is 0 Å². The van der Waals surface area contributed by atoms with Gasteiger partial charge in [0, 0.05) is 5.69 Å². The Morgan fingerprint density at radius 3 is 2.10 bits per heavy atom. The van der Waals surface area contributed by atoms with Crippen LogP contribution in [0.15, 0.2) is 59.4 Å². The van der Waals surface area contributed by atoms with Crippen LogP contribution in [0.3, 0.4) is 0 Å². The van der Waals surface area contributed by atoms with E-state index in [2.05, 4.69) is 9.84 Å². The largest absolute Gasteiger partial charge is 0.466 e. The van der Waals surface area contributed by atoms with Gasteiger partial charge >= 0.3 is 12.1 Å². The number of aryl methyl sites for hydroxylation is 1. The number of methoxy groups -OCH3 is 1. The average molecular weight is 406 g/mol. The Kier molecular flexibility index (Phi) is 5.10. The lowest BCUT2D eigenvalue weighted by atomic mass is 9.93. The zero-order valence-corrected chi connectivity index (χ0v) is 15.4. The highest BCUT2D eigenvalue weighted by Gasteiger charge is 2.64. The van der Waals surface area contributed by atoms with Crippen molar-refractivity contribution < 1.29 is 27.8 Å². The Morgan fingerprint density at radius 2 is 1.59 bits per heavy atom. The topological polar surface area (TPSA) is 84.3 Å². The molecule has 1 heterocycles. The average Bonchev–Trinajstić information content (AvgIpc) is 3.01. The van der Waals surface area contributed by atoms with E-state index in [4.69, 9.17) is 0 Å². The molecule has 0 spiro atoms. The number of esters is 1. The van der Waals surface area contributed by atoms with Gasteiger partial charge in [0.15, 0.2) is 0 Å². The van der Waals surface area contributed by atoms with Crippen LogP contribution in [-0.4, -0.2) is 34.1 Å². The van der Waals surface area contributed by atoms with Crippen LogP contribution < -0.4 is 5.56 Å². The summed E-state index contributed by atoms with van der Waals surface area (Å²) in [6, 6.07) is 15.8. The number of aromatic amines is 1. The van der Waals surface area contributed by atoms with Gasteiger partial charge in [-0.25, -0.2) is 9.48 Å². The third kappa shape index (κ3) is 3.33. The first-order valence-electron chi connectivity index (χ1n) is 8.46. The number of ether oxygens (including phenoxy) is 1. The van der Waals surface area contributed by atoms with Crippen molar-refractivity contribution in [2.45, 2.75) is 18.7 Å². The Hall–Kier alpha value is -3.33. The van der Waals surface area contributed by atoms with Gasteiger partial charge in [-0.15, -0.1) is 0 Å². The van der Waals surface area contributed by atoms with Gasteiger partial charge in [0.2, 0.25) is 0 Å². The highest BCUT2D eigenvalue weighted by atomic mass is 19.4. The second-order valence-electron chi connectivity index (χ2n) is 6.37. The van der Waals surface area contributed by atoms with E-state index in [1.807, 2.05) is 30.3 Å². The van der Waals surface area contributed by atoms with Crippen molar-refractivity contribution in [3.05, 3.63) is 76.2 Å². The summed E-state index contributed by atoms with van der Waals surface area (Å²) in [5, 5.41) is 12.7. The SMILES string of the molecule is COC(=O)C(O)(c1c(C)[nH]n(-c2ccc(-c3ccccc3)cc2)c1=O)C(F)(F)F. The van der Waals surface area contributed by atoms with Crippen molar-refractivity contribution in [2.75, 3.05) is 7.11 Å². The third-order valence-electron chi connectivity index (χ3n) is 4.56. The molecule has 1 atom stereocenters. The fourth-order valence-corrected chi connectivity index (χ4v) is 3.10. The molecule has 2 aromatic carbocycles. The highest BCUT2D eigenvalue weighted by Crippen LogP contribution is 2.39. The Balaban J connectivity index is 2.11. The summed E-state index contributed by atoms with van der Waals surface area (Å²) in [4.78, 5) is 24.5. The number of benzene rings is 2. The molecule has 3 aromatic rings. The van der Waals surface area contributed by atoms with E-state index in [-0.39, 0.29) is 11.4 Å². The summed E-state index contributed by atoms with van der Waals surface area (Å²) in [6.45, 7) is 1.16. The van der Waals surface area contributed by atoms with Crippen molar-refractivity contribution in [3.63, 3.8) is 0 Å². The molecular formula is C20H17F3N2O4. The molecule has 0 fully saturated rings. The van der Waals surface area contributed by atoms with Gasteiger partial charge in [0.05, 0.1) is 18.4 Å². The first kappa shape index (κ1) is 20.4. The first-order valence-corrected chi connectivity index (χ1v) is 8.46. The second kappa shape index (κ2) is 7.25. The quantitative estimate of drug-likeness (QED) is 0.653. The molecule has 9 heteroatoms. The predicted octanol–water partition coefficient (Wildman–Crippen LogP) is 3.06. The summed E-state index contributed by atoms with van der Waals surface area (Å²) in [7, 11) is 0.696. The molecule has 6 nitrogen and oxygen atoms in total. The van der Waals surface area contributed by atoms with Crippen LogP contribution in [0, 0.1) is 6.92 Å². The van der Waals surface area contributed by atoms with E-state index < -0.39 is 28.9 Å². The zero-order chi connectivity index (χ0) is 21.4. The molecule has 29 heavy (non-hydrogen) atoms. The van der Waals surface area contributed by atoms with E-state index in [1.54, 1.807) is 12.1 Å². The van der Waals surface area contributed by atoms with Crippen LogP contribution in [0.5, 0.6) is 0 Å². The van der Waals surface area contributed by atoms with Gasteiger partial charge < -0.3 is 9.84 Å².